The standard InChI is InChI=1S/C5H10O/c1-3-5-6-4-2/h5H,1,3-4H2,2H3. The molecular formula is C5H10O. The third-order valence-corrected chi connectivity index (χ3v) is 0.402. The van der Waals surface area contributed by atoms with E-state index in [0.29, 0.717) is 0 Å². The van der Waals surface area contributed by atoms with E-state index in [0.717, 1.165) is 13.0 Å². The summed E-state index contributed by atoms with van der Waals surface area (Å²) in [6.45, 7) is 7.95. The number of ether oxygens (including phenoxy) is 1. The van der Waals surface area contributed by atoms with Crippen LogP contribution >= 0.6 is 0 Å². The first kappa shape index (κ1) is 5.96. The molecular weight excluding hydrogens is 76.1 g/mol. The molecule has 0 aromatic carbocycles. The molecule has 0 bridgehead atoms. The largest absolute Gasteiger partial charge is 0.376 e. The molecule has 0 saturated heterocycles. The highest BCUT2D eigenvalue weighted by Gasteiger charge is 1.74. The highest BCUT2D eigenvalue weighted by atomic mass is 16.5. The van der Waals surface area contributed by atoms with Crippen LogP contribution in [-0.4, -0.2) is 6.61 Å². The summed E-state index contributed by atoms with van der Waals surface area (Å²) in [5.74, 6) is 0. The Bertz CT molecular complexity index is 15.9. The second kappa shape index (κ2) is 4.96. The second-order valence-electron chi connectivity index (χ2n) is 0.911. The summed E-state index contributed by atoms with van der Waals surface area (Å²) < 4.78 is 4.80. The maximum Gasteiger partial charge on any atom is 0.0836 e. The summed E-state index contributed by atoms with van der Waals surface area (Å²) in [7, 11) is 0. The number of rotatable bonds is 3. The highest BCUT2D eigenvalue weighted by molar-refractivity contribution is 4.48. The van der Waals surface area contributed by atoms with Crippen LogP contribution in [0, 0.1) is 13.5 Å². The van der Waals surface area contributed by atoms with E-state index in [1.54, 1.807) is 6.61 Å². The average Bonchev–Trinajstić information content (AvgIpc) is 1.61. The van der Waals surface area contributed by atoms with Crippen molar-refractivity contribution in [2.45, 2.75) is 13.3 Å². The third-order valence-electron chi connectivity index (χ3n) is 0.402. The van der Waals surface area contributed by atoms with Crippen molar-refractivity contribution in [1.29, 1.82) is 0 Å². The molecule has 0 N–H and O–H groups in total. The van der Waals surface area contributed by atoms with Crippen molar-refractivity contribution in [2.24, 2.45) is 0 Å². The fourth-order valence-corrected chi connectivity index (χ4v) is 0.201. The van der Waals surface area contributed by atoms with Crippen LogP contribution in [0.15, 0.2) is 0 Å². The Hall–Kier alpha value is -0.0400. The first-order valence-corrected chi connectivity index (χ1v) is 2.14. The van der Waals surface area contributed by atoms with Crippen LogP contribution in [0.2, 0.25) is 0 Å². The molecule has 0 rings (SSSR count). The Morgan fingerprint density at radius 1 is 1.83 bits per heavy atom. The van der Waals surface area contributed by atoms with E-state index >= 15 is 0 Å². The van der Waals surface area contributed by atoms with E-state index in [9.17, 15) is 0 Å². The molecule has 0 atom stereocenters. The smallest absolute Gasteiger partial charge is 0.0836 e. The van der Waals surface area contributed by atoms with E-state index in [4.69, 9.17) is 4.74 Å². The van der Waals surface area contributed by atoms with Gasteiger partial charge in [0.1, 0.15) is 0 Å². The molecule has 0 amide bonds. The number of hydrogen-bond acceptors (Lipinski definition) is 1. The molecule has 36 valence electrons. The van der Waals surface area contributed by atoms with Gasteiger partial charge in [-0.2, -0.15) is 0 Å². The Balaban J connectivity index is 2.34. The van der Waals surface area contributed by atoms with Crippen molar-refractivity contribution < 1.29 is 4.74 Å². The van der Waals surface area contributed by atoms with E-state index in [-0.39, 0.29) is 0 Å². The summed E-state index contributed by atoms with van der Waals surface area (Å²) in [5.41, 5.74) is 0. The molecule has 0 saturated carbocycles. The predicted octanol–water partition coefficient (Wildman–Crippen LogP) is 1.41. The van der Waals surface area contributed by atoms with Crippen molar-refractivity contribution >= 4 is 0 Å². The molecule has 0 aliphatic heterocycles. The van der Waals surface area contributed by atoms with Gasteiger partial charge in [-0.1, -0.05) is 6.92 Å². The minimum atomic E-state index is 0.758. The number of hydrogen-bond donors (Lipinski definition) is 0. The topological polar surface area (TPSA) is 9.23 Å². The van der Waals surface area contributed by atoms with Gasteiger partial charge < -0.3 is 4.74 Å². The van der Waals surface area contributed by atoms with Gasteiger partial charge in [-0.25, -0.2) is 0 Å². The van der Waals surface area contributed by atoms with Gasteiger partial charge in [-0.05, 0) is 13.3 Å². The normalized spacial score (nSPS) is 9.00. The van der Waals surface area contributed by atoms with Crippen molar-refractivity contribution in [1.82, 2.24) is 0 Å². The minimum absolute atomic E-state index is 0.758. The van der Waals surface area contributed by atoms with Crippen LogP contribution in [0.5, 0.6) is 0 Å². The van der Waals surface area contributed by atoms with Crippen LogP contribution in [0.3, 0.4) is 0 Å². The van der Waals surface area contributed by atoms with E-state index in [1.165, 1.54) is 0 Å². The molecule has 0 aromatic heterocycles. The molecule has 6 heavy (non-hydrogen) atoms. The Kier molecular flexibility index (Phi) is 4.93. The van der Waals surface area contributed by atoms with E-state index in [2.05, 4.69) is 6.92 Å². The minimum Gasteiger partial charge on any atom is -0.376 e. The van der Waals surface area contributed by atoms with Crippen LogP contribution in [0.25, 0.3) is 0 Å². The van der Waals surface area contributed by atoms with Gasteiger partial charge in [0, 0.05) is 6.61 Å². The van der Waals surface area contributed by atoms with Gasteiger partial charge >= 0.3 is 0 Å². The molecule has 0 aromatic rings. The first-order chi connectivity index (χ1) is 2.91. The second-order valence-corrected chi connectivity index (χ2v) is 0.911. The fourth-order valence-electron chi connectivity index (χ4n) is 0.201. The zero-order valence-corrected chi connectivity index (χ0v) is 4.11. The van der Waals surface area contributed by atoms with E-state index in [1.807, 2.05) is 6.92 Å². The predicted molar refractivity (Wildman–Crippen MR) is 25.9 cm³/mol. The van der Waals surface area contributed by atoms with Crippen molar-refractivity contribution in [3.8, 4) is 0 Å². The van der Waals surface area contributed by atoms with E-state index < -0.39 is 0 Å². The molecule has 2 radical (unpaired) electrons. The summed E-state index contributed by atoms with van der Waals surface area (Å²) in [6.07, 6.45) is 0.758. The lowest BCUT2D eigenvalue weighted by molar-refractivity contribution is 0.213. The molecule has 1 nitrogen and oxygen atoms in total. The molecule has 0 fully saturated rings. The SMILES string of the molecule is [CH2]C[CH]OCC. The summed E-state index contributed by atoms with van der Waals surface area (Å²) in [4.78, 5) is 0. The molecule has 0 aliphatic carbocycles. The average molecular weight is 86.1 g/mol. The lowest BCUT2D eigenvalue weighted by atomic mass is 10.5. The summed E-state index contributed by atoms with van der Waals surface area (Å²) in [6, 6.07) is 0. The fraction of sp³-hybridized carbons (Fsp3) is 0.600. The van der Waals surface area contributed by atoms with Gasteiger partial charge in [0.15, 0.2) is 0 Å². The van der Waals surface area contributed by atoms with Crippen LogP contribution < -0.4 is 0 Å². The zero-order valence-electron chi connectivity index (χ0n) is 4.11. The molecule has 0 unspecified atom stereocenters. The lowest BCUT2D eigenvalue weighted by Crippen LogP contribution is -1.81. The maximum atomic E-state index is 4.80. The summed E-state index contributed by atoms with van der Waals surface area (Å²) >= 11 is 0. The van der Waals surface area contributed by atoms with Crippen molar-refractivity contribution in [3.63, 3.8) is 0 Å². The van der Waals surface area contributed by atoms with Crippen LogP contribution in [0.1, 0.15) is 13.3 Å². The lowest BCUT2D eigenvalue weighted by Gasteiger charge is -1.90. The van der Waals surface area contributed by atoms with Gasteiger partial charge in [0.2, 0.25) is 0 Å². The Labute approximate surface area is 39.3 Å². The molecule has 0 aliphatic rings. The van der Waals surface area contributed by atoms with Crippen LogP contribution in [-0.2, 0) is 4.74 Å². The first-order valence-electron chi connectivity index (χ1n) is 2.14. The maximum absolute atomic E-state index is 4.80. The zero-order chi connectivity index (χ0) is 4.83. The monoisotopic (exact) mass is 86.1 g/mol. The van der Waals surface area contributed by atoms with Gasteiger partial charge in [-0.15, -0.1) is 0 Å². The van der Waals surface area contributed by atoms with Gasteiger partial charge in [-0.3, -0.25) is 0 Å². The van der Waals surface area contributed by atoms with Crippen molar-refractivity contribution in [3.05, 3.63) is 13.5 Å². The van der Waals surface area contributed by atoms with Crippen molar-refractivity contribution in [2.75, 3.05) is 6.61 Å². The molecule has 0 spiro atoms. The van der Waals surface area contributed by atoms with Gasteiger partial charge in [0.05, 0.1) is 6.61 Å². The van der Waals surface area contributed by atoms with Gasteiger partial charge in [0.25, 0.3) is 0 Å². The van der Waals surface area contributed by atoms with Crippen LogP contribution in [0.4, 0.5) is 0 Å². The highest BCUT2D eigenvalue weighted by Crippen LogP contribution is 1.83. The Morgan fingerprint density at radius 3 is 2.67 bits per heavy atom. The molecule has 1 heteroatoms. The Morgan fingerprint density at radius 2 is 2.50 bits per heavy atom. The molecule has 0 heterocycles. The third kappa shape index (κ3) is 3.96. The quantitative estimate of drug-likeness (QED) is 0.472. The summed E-state index contributed by atoms with van der Waals surface area (Å²) in [5, 5.41) is 0.